The van der Waals surface area contributed by atoms with Gasteiger partial charge < -0.3 is 9.47 Å². The molecule has 0 fully saturated rings. The van der Waals surface area contributed by atoms with Gasteiger partial charge in [-0.05, 0) is 37.3 Å². The van der Waals surface area contributed by atoms with Gasteiger partial charge in [0.25, 0.3) is 5.91 Å². The number of aromatic amines is 1. The van der Waals surface area contributed by atoms with E-state index in [1.54, 1.807) is 11.8 Å². The lowest BCUT2D eigenvalue weighted by atomic mass is 10.2. The van der Waals surface area contributed by atoms with Crippen molar-refractivity contribution in [1.29, 1.82) is 0 Å². The van der Waals surface area contributed by atoms with Gasteiger partial charge in [0, 0.05) is 37.0 Å². The first-order valence-electron chi connectivity index (χ1n) is 8.33. The molecule has 1 aromatic carbocycles. The molecule has 25 heavy (non-hydrogen) atoms. The van der Waals surface area contributed by atoms with Crippen molar-refractivity contribution in [3.63, 3.8) is 0 Å². The molecule has 0 saturated heterocycles. The van der Waals surface area contributed by atoms with Crippen LogP contribution in [0.2, 0.25) is 0 Å². The molecular weight excluding hydrogens is 332 g/mol. The second-order valence-corrected chi connectivity index (χ2v) is 6.89. The molecule has 0 spiro atoms. The van der Waals surface area contributed by atoms with E-state index in [1.807, 2.05) is 66.0 Å². The van der Waals surface area contributed by atoms with Crippen molar-refractivity contribution in [1.82, 2.24) is 19.7 Å². The maximum atomic E-state index is 12.7. The zero-order chi connectivity index (χ0) is 17.6. The molecule has 0 saturated carbocycles. The summed E-state index contributed by atoms with van der Waals surface area (Å²) in [5.41, 5.74) is 2.30. The Bertz CT molecular complexity index is 825. The van der Waals surface area contributed by atoms with Gasteiger partial charge in [0.15, 0.2) is 0 Å². The highest BCUT2D eigenvalue weighted by atomic mass is 32.2. The van der Waals surface area contributed by atoms with Crippen LogP contribution in [-0.4, -0.2) is 44.4 Å². The first kappa shape index (κ1) is 17.4. The van der Waals surface area contributed by atoms with Crippen molar-refractivity contribution in [3.05, 3.63) is 60.4 Å². The quantitative estimate of drug-likeness (QED) is 0.659. The van der Waals surface area contributed by atoms with E-state index in [2.05, 4.69) is 22.3 Å². The lowest BCUT2D eigenvalue weighted by Crippen LogP contribution is -2.33. The van der Waals surface area contributed by atoms with Gasteiger partial charge in [-0.15, -0.1) is 11.8 Å². The molecule has 0 radical (unpaired) electrons. The molecular formula is C19H22N4OS. The van der Waals surface area contributed by atoms with E-state index in [1.165, 1.54) is 4.90 Å². The number of hydrogen-bond donors (Lipinski definition) is 1. The number of nitrogens with one attached hydrogen (secondary N) is 1. The second kappa shape index (κ2) is 8.07. The van der Waals surface area contributed by atoms with Crippen molar-refractivity contribution >= 4 is 17.7 Å². The highest BCUT2D eigenvalue weighted by Gasteiger charge is 2.17. The van der Waals surface area contributed by atoms with E-state index >= 15 is 0 Å². The fraction of sp³-hybridized carbons (Fsp3) is 0.263. The third-order valence-corrected chi connectivity index (χ3v) is 5.05. The number of carbonyl (C=O) groups excluding carboxylic acids is 1. The summed E-state index contributed by atoms with van der Waals surface area (Å²) in [6.07, 6.45) is 1.96. The van der Waals surface area contributed by atoms with Crippen molar-refractivity contribution in [3.8, 4) is 11.4 Å². The maximum Gasteiger partial charge on any atom is 0.271 e. The third-order valence-electron chi connectivity index (χ3n) is 4.06. The monoisotopic (exact) mass is 354 g/mol. The molecule has 1 N–H and O–H groups in total. The molecule has 5 nitrogen and oxygen atoms in total. The Kier molecular flexibility index (Phi) is 5.60. The van der Waals surface area contributed by atoms with Crippen LogP contribution in [0.15, 0.2) is 59.6 Å². The molecule has 2 heterocycles. The predicted molar refractivity (Wildman–Crippen MR) is 102 cm³/mol. The van der Waals surface area contributed by atoms with Crippen molar-refractivity contribution in [2.24, 2.45) is 7.05 Å². The number of rotatable bonds is 7. The number of thioether (sulfide) groups is 1. The Hall–Kier alpha value is -2.47. The van der Waals surface area contributed by atoms with Crippen LogP contribution >= 0.6 is 11.8 Å². The number of H-pyrrole nitrogens is 1. The van der Waals surface area contributed by atoms with Crippen LogP contribution in [-0.2, 0) is 7.05 Å². The highest BCUT2D eigenvalue weighted by molar-refractivity contribution is 7.99. The highest BCUT2D eigenvalue weighted by Crippen LogP contribution is 2.19. The predicted octanol–water partition coefficient (Wildman–Crippen LogP) is 3.67. The van der Waals surface area contributed by atoms with Gasteiger partial charge in [-0.25, -0.2) is 0 Å². The van der Waals surface area contributed by atoms with Gasteiger partial charge in [-0.1, -0.05) is 18.2 Å². The minimum Gasteiger partial charge on any atom is -0.349 e. The summed E-state index contributed by atoms with van der Waals surface area (Å²) in [5, 5.41) is 7.17. The van der Waals surface area contributed by atoms with E-state index in [-0.39, 0.29) is 5.91 Å². The lowest BCUT2D eigenvalue weighted by Gasteiger charge is -2.19. The standard InChI is InChI=1S/C19H22N4OS/c1-3-23(12-13-25-15-8-5-4-6-9-15)19(24)17-14-16(20-21-17)18-10-7-11-22(18)2/h4-11,14H,3,12-13H2,1-2H3,(H,20,21). The van der Waals surface area contributed by atoms with E-state index in [4.69, 9.17) is 0 Å². The summed E-state index contributed by atoms with van der Waals surface area (Å²) in [4.78, 5) is 15.8. The number of carbonyl (C=O) groups is 1. The van der Waals surface area contributed by atoms with Crippen LogP contribution in [0, 0.1) is 0 Å². The van der Waals surface area contributed by atoms with E-state index in [9.17, 15) is 4.79 Å². The number of nitrogens with zero attached hydrogens (tertiary/aromatic N) is 3. The summed E-state index contributed by atoms with van der Waals surface area (Å²) in [6.45, 7) is 3.37. The molecule has 1 amide bonds. The molecule has 0 bridgehead atoms. The molecule has 130 valence electrons. The normalized spacial score (nSPS) is 10.8. The van der Waals surface area contributed by atoms with Crippen LogP contribution in [0.4, 0.5) is 0 Å². The SMILES string of the molecule is CCN(CCSc1ccccc1)C(=O)c1cc(-c2cccn2C)n[nH]1. The first-order chi connectivity index (χ1) is 12.2. The van der Waals surface area contributed by atoms with E-state index in [0.29, 0.717) is 18.8 Å². The third kappa shape index (κ3) is 4.14. The van der Waals surface area contributed by atoms with Crippen molar-refractivity contribution in [2.45, 2.75) is 11.8 Å². The molecule has 0 aliphatic carbocycles. The van der Waals surface area contributed by atoms with Gasteiger partial charge in [-0.3, -0.25) is 9.89 Å². The minimum absolute atomic E-state index is 0.0101. The molecule has 3 rings (SSSR count). The Morgan fingerprint density at radius 3 is 2.72 bits per heavy atom. The molecule has 3 aromatic rings. The van der Waals surface area contributed by atoms with E-state index in [0.717, 1.165) is 17.1 Å². The maximum absolute atomic E-state index is 12.7. The molecule has 0 aliphatic rings. The Balaban J connectivity index is 1.62. The van der Waals surface area contributed by atoms with Gasteiger partial charge >= 0.3 is 0 Å². The number of benzene rings is 1. The average Bonchev–Trinajstić information content (AvgIpc) is 3.28. The minimum atomic E-state index is -0.0101. The largest absolute Gasteiger partial charge is 0.349 e. The van der Waals surface area contributed by atoms with Crippen LogP contribution in [0.25, 0.3) is 11.4 Å². The Morgan fingerprint density at radius 2 is 2.04 bits per heavy atom. The van der Waals surface area contributed by atoms with Crippen LogP contribution < -0.4 is 0 Å². The number of amides is 1. The second-order valence-electron chi connectivity index (χ2n) is 5.72. The van der Waals surface area contributed by atoms with Crippen LogP contribution in [0.5, 0.6) is 0 Å². The first-order valence-corrected chi connectivity index (χ1v) is 9.32. The Labute approximate surface area is 152 Å². The molecule has 6 heteroatoms. The van der Waals surface area contributed by atoms with Crippen LogP contribution in [0.3, 0.4) is 0 Å². The summed E-state index contributed by atoms with van der Waals surface area (Å²) in [7, 11) is 1.96. The Morgan fingerprint density at radius 1 is 1.24 bits per heavy atom. The topological polar surface area (TPSA) is 53.9 Å². The number of aryl methyl sites for hydroxylation is 1. The summed E-state index contributed by atoms with van der Waals surface area (Å²) in [6, 6.07) is 16.0. The number of hydrogen-bond acceptors (Lipinski definition) is 3. The molecule has 0 unspecified atom stereocenters. The lowest BCUT2D eigenvalue weighted by molar-refractivity contribution is 0.0768. The smallest absolute Gasteiger partial charge is 0.271 e. The van der Waals surface area contributed by atoms with E-state index < -0.39 is 0 Å². The zero-order valence-corrected chi connectivity index (χ0v) is 15.3. The molecule has 2 aromatic heterocycles. The summed E-state index contributed by atoms with van der Waals surface area (Å²) in [5.74, 6) is 0.853. The summed E-state index contributed by atoms with van der Waals surface area (Å²) < 4.78 is 1.98. The van der Waals surface area contributed by atoms with Crippen LogP contribution in [0.1, 0.15) is 17.4 Å². The van der Waals surface area contributed by atoms with Gasteiger partial charge in [0.1, 0.15) is 11.4 Å². The van der Waals surface area contributed by atoms with Gasteiger partial charge in [-0.2, -0.15) is 5.10 Å². The fourth-order valence-corrected chi connectivity index (χ4v) is 3.55. The zero-order valence-electron chi connectivity index (χ0n) is 14.5. The van der Waals surface area contributed by atoms with Gasteiger partial charge in [0.2, 0.25) is 0 Å². The van der Waals surface area contributed by atoms with Crippen molar-refractivity contribution in [2.75, 3.05) is 18.8 Å². The molecule has 0 aliphatic heterocycles. The molecule has 0 atom stereocenters. The van der Waals surface area contributed by atoms with Gasteiger partial charge in [0.05, 0.1) is 5.69 Å². The van der Waals surface area contributed by atoms with Crippen molar-refractivity contribution < 1.29 is 4.79 Å². The summed E-state index contributed by atoms with van der Waals surface area (Å²) >= 11 is 1.76. The average molecular weight is 354 g/mol. The number of aromatic nitrogens is 3. The fourth-order valence-electron chi connectivity index (χ4n) is 2.65.